The van der Waals surface area contributed by atoms with Gasteiger partial charge in [0.15, 0.2) is 0 Å². The summed E-state index contributed by atoms with van der Waals surface area (Å²) in [6.45, 7) is 3.48. The first-order chi connectivity index (χ1) is 10.7. The zero-order valence-electron chi connectivity index (χ0n) is 12.0. The SMILES string of the molecule is C=CC(=O)NC1CCC(Nc2nc(Cl)nc3sccc23)CC1. The van der Waals surface area contributed by atoms with Crippen LogP contribution < -0.4 is 10.6 Å². The van der Waals surface area contributed by atoms with Crippen molar-refractivity contribution in [2.75, 3.05) is 5.32 Å². The number of halogens is 1. The summed E-state index contributed by atoms with van der Waals surface area (Å²) in [7, 11) is 0. The van der Waals surface area contributed by atoms with Crippen LogP contribution in [0.15, 0.2) is 24.1 Å². The monoisotopic (exact) mass is 336 g/mol. The van der Waals surface area contributed by atoms with E-state index in [0.29, 0.717) is 6.04 Å². The number of rotatable bonds is 4. The van der Waals surface area contributed by atoms with Crippen LogP contribution >= 0.6 is 22.9 Å². The smallest absolute Gasteiger partial charge is 0.243 e. The van der Waals surface area contributed by atoms with Crippen LogP contribution in [0.4, 0.5) is 5.82 Å². The maximum atomic E-state index is 11.3. The van der Waals surface area contributed by atoms with Gasteiger partial charge in [-0.05, 0) is 54.8 Å². The normalized spacial score (nSPS) is 21.5. The first kappa shape index (κ1) is 15.2. The Kier molecular flexibility index (Phi) is 4.59. The molecule has 5 nitrogen and oxygen atoms in total. The fourth-order valence-electron chi connectivity index (χ4n) is 2.77. The predicted molar refractivity (Wildman–Crippen MR) is 90.4 cm³/mol. The Hall–Kier alpha value is -1.66. The standard InChI is InChI=1S/C15H17ClN4OS/c1-2-12(21)17-9-3-5-10(6-4-9)18-13-11-7-8-22-14(11)20-15(16)19-13/h2,7-10H,1,3-6H2,(H,17,21)(H,18,19,20). The molecule has 0 saturated heterocycles. The summed E-state index contributed by atoms with van der Waals surface area (Å²) in [6.07, 6.45) is 5.18. The van der Waals surface area contributed by atoms with E-state index in [1.165, 1.54) is 6.08 Å². The lowest BCUT2D eigenvalue weighted by Gasteiger charge is -2.29. The van der Waals surface area contributed by atoms with Crippen LogP contribution in [-0.4, -0.2) is 28.0 Å². The van der Waals surface area contributed by atoms with Crippen molar-refractivity contribution in [3.8, 4) is 0 Å². The zero-order chi connectivity index (χ0) is 15.5. The second-order valence-corrected chi connectivity index (χ2v) is 6.62. The molecule has 1 fully saturated rings. The van der Waals surface area contributed by atoms with Crippen LogP contribution in [-0.2, 0) is 4.79 Å². The zero-order valence-corrected chi connectivity index (χ0v) is 13.6. The molecule has 0 spiro atoms. The molecule has 2 N–H and O–H groups in total. The quantitative estimate of drug-likeness (QED) is 0.663. The van der Waals surface area contributed by atoms with Crippen LogP contribution in [0, 0.1) is 0 Å². The summed E-state index contributed by atoms with van der Waals surface area (Å²) in [5.41, 5.74) is 0. The molecule has 0 bridgehead atoms. The number of nitrogens with one attached hydrogen (secondary N) is 2. The molecule has 0 atom stereocenters. The number of aromatic nitrogens is 2. The maximum absolute atomic E-state index is 11.3. The molecule has 1 aliphatic carbocycles. The van der Waals surface area contributed by atoms with E-state index in [9.17, 15) is 4.79 Å². The van der Waals surface area contributed by atoms with E-state index in [4.69, 9.17) is 11.6 Å². The minimum absolute atomic E-state index is 0.0982. The first-order valence-electron chi connectivity index (χ1n) is 7.26. The number of hydrogen-bond donors (Lipinski definition) is 2. The summed E-state index contributed by atoms with van der Waals surface area (Å²) in [6, 6.07) is 2.58. The molecule has 7 heteroatoms. The third-order valence-electron chi connectivity index (χ3n) is 3.90. The van der Waals surface area contributed by atoms with Crippen molar-refractivity contribution in [2.45, 2.75) is 37.8 Å². The van der Waals surface area contributed by atoms with Gasteiger partial charge in [-0.1, -0.05) is 6.58 Å². The molecule has 1 aliphatic rings. The highest BCUT2D eigenvalue weighted by Crippen LogP contribution is 2.29. The molecule has 2 aromatic heterocycles. The highest BCUT2D eigenvalue weighted by atomic mass is 35.5. The molecule has 1 saturated carbocycles. The van der Waals surface area contributed by atoms with E-state index < -0.39 is 0 Å². The Morgan fingerprint density at radius 3 is 2.77 bits per heavy atom. The van der Waals surface area contributed by atoms with E-state index in [2.05, 4.69) is 27.2 Å². The molecule has 3 rings (SSSR count). The van der Waals surface area contributed by atoms with Crippen molar-refractivity contribution in [1.29, 1.82) is 0 Å². The second kappa shape index (κ2) is 6.62. The Morgan fingerprint density at radius 2 is 2.05 bits per heavy atom. The number of nitrogens with zero attached hydrogens (tertiary/aromatic N) is 2. The summed E-state index contributed by atoms with van der Waals surface area (Å²) in [5, 5.41) is 9.70. The van der Waals surface area contributed by atoms with E-state index in [-0.39, 0.29) is 17.2 Å². The Bertz CT molecular complexity index is 694. The summed E-state index contributed by atoms with van der Waals surface area (Å²) in [4.78, 5) is 20.8. The molecule has 0 aliphatic heterocycles. The fourth-order valence-corrected chi connectivity index (χ4v) is 3.76. The number of fused-ring (bicyclic) bond motifs is 1. The fraction of sp³-hybridized carbons (Fsp3) is 0.400. The van der Waals surface area contributed by atoms with Gasteiger partial charge in [-0.15, -0.1) is 11.3 Å². The van der Waals surface area contributed by atoms with Gasteiger partial charge in [-0.3, -0.25) is 4.79 Å². The molecule has 2 aromatic rings. The summed E-state index contributed by atoms with van der Waals surface area (Å²) >= 11 is 7.54. The van der Waals surface area contributed by atoms with E-state index in [1.54, 1.807) is 11.3 Å². The molecular weight excluding hydrogens is 320 g/mol. The second-order valence-electron chi connectivity index (χ2n) is 5.39. The van der Waals surface area contributed by atoms with Crippen LogP contribution in [0.5, 0.6) is 0 Å². The highest BCUT2D eigenvalue weighted by molar-refractivity contribution is 7.16. The van der Waals surface area contributed by atoms with Crippen LogP contribution in [0.2, 0.25) is 5.28 Å². The average Bonchev–Trinajstić information content (AvgIpc) is 2.97. The lowest BCUT2D eigenvalue weighted by molar-refractivity contribution is -0.117. The van der Waals surface area contributed by atoms with Crippen LogP contribution in [0.1, 0.15) is 25.7 Å². The molecule has 1 amide bonds. The van der Waals surface area contributed by atoms with Crippen molar-refractivity contribution in [3.05, 3.63) is 29.4 Å². The van der Waals surface area contributed by atoms with Gasteiger partial charge < -0.3 is 10.6 Å². The van der Waals surface area contributed by atoms with Gasteiger partial charge in [0.1, 0.15) is 10.6 Å². The maximum Gasteiger partial charge on any atom is 0.243 e. The third-order valence-corrected chi connectivity index (χ3v) is 4.87. The topological polar surface area (TPSA) is 66.9 Å². The van der Waals surface area contributed by atoms with Gasteiger partial charge in [0.05, 0.1) is 5.39 Å². The lowest BCUT2D eigenvalue weighted by atomic mass is 9.91. The Balaban J connectivity index is 1.63. The number of thiophene rings is 1. The third kappa shape index (κ3) is 3.39. The van der Waals surface area contributed by atoms with E-state index in [1.807, 2.05) is 11.4 Å². The summed E-state index contributed by atoms with van der Waals surface area (Å²) < 4.78 is 0. The van der Waals surface area contributed by atoms with Crippen molar-refractivity contribution < 1.29 is 4.79 Å². The molecule has 0 unspecified atom stereocenters. The van der Waals surface area contributed by atoms with Gasteiger partial charge in [0.25, 0.3) is 0 Å². The first-order valence-corrected chi connectivity index (χ1v) is 8.51. The van der Waals surface area contributed by atoms with Crippen LogP contribution in [0.25, 0.3) is 10.2 Å². The van der Waals surface area contributed by atoms with Gasteiger partial charge >= 0.3 is 0 Å². The largest absolute Gasteiger partial charge is 0.367 e. The van der Waals surface area contributed by atoms with Crippen molar-refractivity contribution >= 4 is 44.9 Å². The van der Waals surface area contributed by atoms with E-state index in [0.717, 1.165) is 41.7 Å². The van der Waals surface area contributed by atoms with Gasteiger partial charge in [0, 0.05) is 12.1 Å². The molecular formula is C15H17ClN4OS. The minimum Gasteiger partial charge on any atom is -0.367 e. The number of anilines is 1. The predicted octanol–water partition coefficient (Wildman–Crippen LogP) is 3.37. The number of carbonyl (C=O) groups excluding carboxylic acids is 1. The highest BCUT2D eigenvalue weighted by Gasteiger charge is 2.22. The number of amides is 1. The van der Waals surface area contributed by atoms with E-state index >= 15 is 0 Å². The van der Waals surface area contributed by atoms with Gasteiger partial charge in [-0.2, -0.15) is 0 Å². The van der Waals surface area contributed by atoms with Gasteiger partial charge in [0.2, 0.25) is 11.2 Å². The molecule has 0 aromatic carbocycles. The molecule has 22 heavy (non-hydrogen) atoms. The van der Waals surface area contributed by atoms with Gasteiger partial charge in [-0.25, -0.2) is 9.97 Å². The van der Waals surface area contributed by atoms with Crippen molar-refractivity contribution in [3.63, 3.8) is 0 Å². The Labute approximate surface area is 137 Å². The number of carbonyl (C=O) groups is 1. The van der Waals surface area contributed by atoms with Crippen LogP contribution in [0.3, 0.4) is 0 Å². The minimum atomic E-state index is -0.0982. The molecule has 0 radical (unpaired) electrons. The Morgan fingerprint density at radius 1 is 1.32 bits per heavy atom. The van der Waals surface area contributed by atoms with Crippen molar-refractivity contribution in [2.24, 2.45) is 0 Å². The summed E-state index contributed by atoms with van der Waals surface area (Å²) in [5.74, 6) is 0.703. The lowest BCUT2D eigenvalue weighted by Crippen LogP contribution is -2.39. The molecule has 2 heterocycles. The van der Waals surface area contributed by atoms with Crippen molar-refractivity contribution in [1.82, 2.24) is 15.3 Å². The molecule has 116 valence electrons. The average molecular weight is 337 g/mol. The number of hydrogen-bond acceptors (Lipinski definition) is 5.